The molecule has 1 fully saturated rings. The minimum Gasteiger partial charge on any atom is -0.384 e. The maximum Gasteiger partial charge on any atom is 0.252 e. The Balaban J connectivity index is 2.06. The number of hydrogen-bond donors (Lipinski definition) is 1. The summed E-state index contributed by atoms with van der Waals surface area (Å²) in [5, 5.41) is 0. The number of rotatable bonds is 3. The summed E-state index contributed by atoms with van der Waals surface area (Å²) in [6, 6.07) is 1.55. The molecule has 2 rings (SSSR count). The smallest absolute Gasteiger partial charge is 0.252 e. The zero-order valence-electron chi connectivity index (χ0n) is 9.48. The fourth-order valence-electron chi connectivity index (χ4n) is 2.18. The van der Waals surface area contributed by atoms with Gasteiger partial charge in [0, 0.05) is 26.3 Å². The lowest BCUT2D eigenvalue weighted by Gasteiger charge is -2.32. The van der Waals surface area contributed by atoms with Gasteiger partial charge in [-0.2, -0.15) is 0 Å². The molecule has 0 radical (unpaired) electrons. The zero-order valence-corrected chi connectivity index (χ0v) is 9.48. The van der Waals surface area contributed by atoms with E-state index in [2.05, 4.69) is 14.9 Å². The normalized spacial score (nSPS) is 21.1. The predicted octanol–water partition coefficient (Wildman–Crippen LogP) is 0.633. The third-order valence-corrected chi connectivity index (χ3v) is 2.91. The van der Waals surface area contributed by atoms with Crippen molar-refractivity contribution in [2.45, 2.75) is 12.8 Å². The number of aromatic amines is 1. The minimum absolute atomic E-state index is 0.0983. The van der Waals surface area contributed by atoms with Gasteiger partial charge in [-0.25, -0.2) is 4.98 Å². The van der Waals surface area contributed by atoms with Crippen molar-refractivity contribution in [1.82, 2.24) is 9.97 Å². The molecule has 0 aromatic carbocycles. The topological polar surface area (TPSA) is 58.2 Å². The van der Waals surface area contributed by atoms with Crippen molar-refractivity contribution in [2.75, 3.05) is 31.7 Å². The fourth-order valence-corrected chi connectivity index (χ4v) is 2.18. The average Bonchev–Trinajstić information content (AvgIpc) is 2.30. The quantitative estimate of drug-likeness (QED) is 0.816. The van der Waals surface area contributed by atoms with Gasteiger partial charge < -0.3 is 14.6 Å². The van der Waals surface area contributed by atoms with Crippen LogP contribution >= 0.6 is 0 Å². The van der Waals surface area contributed by atoms with Crippen molar-refractivity contribution in [3.05, 3.63) is 22.7 Å². The van der Waals surface area contributed by atoms with Crippen molar-refractivity contribution < 1.29 is 4.74 Å². The molecule has 1 aliphatic rings. The summed E-state index contributed by atoms with van der Waals surface area (Å²) < 4.78 is 5.17. The van der Waals surface area contributed by atoms with Crippen LogP contribution in [0.5, 0.6) is 0 Å². The second-order valence-corrected chi connectivity index (χ2v) is 4.18. The molecule has 88 valence electrons. The Labute approximate surface area is 94.5 Å². The standard InChI is InChI=1S/C11H17N3O2/c1-16-7-9-3-2-4-14(6-9)10-5-11(15)13-8-12-10/h5,8-9H,2-4,6-7H2,1H3,(H,12,13,15). The number of anilines is 1. The molecule has 1 N–H and O–H groups in total. The van der Waals surface area contributed by atoms with Crippen molar-refractivity contribution in [2.24, 2.45) is 5.92 Å². The number of nitrogens with one attached hydrogen (secondary N) is 1. The van der Waals surface area contributed by atoms with E-state index in [-0.39, 0.29) is 5.56 Å². The van der Waals surface area contributed by atoms with E-state index in [0.29, 0.717) is 5.92 Å². The van der Waals surface area contributed by atoms with Crippen LogP contribution < -0.4 is 10.5 Å². The Hall–Kier alpha value is -1.36. The Morgan fingerprint density at radius 1 is 1.69 bits per heavy atom. The molecule has 1 atom stereocenters. The van der Waals surface area contributed by atoms with Gasteiger partial charge in [0.15, 0.2) is 0 Å². The second kappa shape index (κ2) is 5.12. The first-order valence-electron chi connectivity index (χ1n) is 5.58. The third kappa shape index (κ3) is 2.61. The number of hydrogen-bond acceptors (Lipinski definition) is 4. The Morgan fingerprint density at radius 2 is 2.56 bits per heavy atom. The van der Waals surface area contributed by atoms with Crippen LogP contribution in [-0.4, -0.2) is 36.8 Å². The van der Waals surface area contributed by atoms with E-state index >= 15 is 0 Å². The molecule has 5 nitrogen and oxygen atoms in total. The number of methoxy groups -OCH3 is 1. The van der Waals surface area contributed by atoms with E-state index in [1.165, 1.54) is 12.7 Å². The van der Waals surface area contributed by atoms with Crippen molar-refractivity contribution in [3.63, 3.8) is 0 Å². The summed E-state index contributed by atoms with van der Waals surface area (Å²) in [6.07, 6.45) is 3.77. The number of piperidine rings is 1. The van der Waals surface area contributed by atoms with Crippen LogP contribution in [0.2, 0.25) is 0 Å². The molecule has 1 saturated heterocycles. The number of nitrogens with zero attached hydrogens (tertiary/aromatic N) is 2. The largest absolute Gasteiger partial charge is 0.384 e. The van der Waals surface area contributed by atoms with E-state index in [0.717, 1.165) is 31.9 Å². The monoisotopic (exact) mass is 223 g/mol. The summed E-state index contributed by atoms with van der Waals surface area (Å²) in [7, 11) is 1.73. The average molecular weight is 223 g/mol. The van der Waals surface area contributed by atoms with E-state index in [1.54, 1.807) is 13.2 Å². The molecule has 0 aliphatic carbocycles. The minimum atomic E-state index is -0.0983. The van der Waals surface area contributed by atoms with Gasteiger partial charge in [-0.15, -0.1) is 0 Å². The van der Waals surface area contributed by atoms with Gasteiger partial charge in [0.2, 0.25) is 0 Å². The van der Waals surface area contributed by atoms with E-state index in [9.17, 15) is 4.79 Å². The van der Waals surface area contributed by atoms with Gasteiger partial charge in [0.1, 0.15) is 5.82 Å². The summed E-state index contributed by atoms with van der Waals surface area (Å²) in [4.78, 5) is 20.1. The maximum atomic E-state index is 11.2. The summed E-state index contributed by atoms with van der Waals surface area (Å²) >= 11 is 0. The number of ether oxygens (including phenoxy) is 1. The summed E-state index contributed by atoms with van der Waals surface area (Å²) in [6.45, 7) is 2.67. The Morgan fingerprint density at radius 3 is 3.31 bits per heavy atom. The van der Waals surface area contributed by atoms with E-state index in [4.69, 9.17) is 4.74 Å². The Bertz CT molecular complexity index is 389. The lowest BCUT2D eigenvalue weighted by atomic mass is 9.99. The first kappa shape index (κ1) is 11.1. The highest BCUT2D eigenvalue weighted by atomic mass is 16.5. The SMILES string of the molecule is COCC1CCCN(c2cc(=O)[nH]cn2)C1. The maximum absolute atomic E-state index is 11.2. The van der Waals surface area contributed by atoms with E-state index in [1.807, 2.05) is 0 Å². The molecule has 2 heterocycles. The van der Waals surface area contributed by atoms with Crippen molar-refractivity contribution >= 4 is 5.82 Å². The van der Waals surface area contributed by atoms with Crippen LogP contribution in [0.3, 0.4) is 0 Å². The fraction of sp³-hybridized carbons (Fsp3) is 0.636. The highest BCUT2D eigenvalue weighted by Gasteiger charge is 2.20. The Kier molecular flexibility index (Phi) is 3.56. The molecule has 0 amide bonds. The van der Waals surface area contributed by atoms with Crippen LogP contribution in [0.15, 0.2) is 17.2 Å². The van der Waals surface area contributed by atoms with Crippen LogP contribution in [-0.2, 0) is 4.74 Å². The van der Waals surface area contributed by atoms with Crippen molar-refractivity contribution in [1.29, 1.82) is 0 Å². The van der Waals surface area contributed by atoms with Gasteiger partial charge >= 0.3 is 0 Å². The van der Waals surface area contributed by atoms with Crippen LogP contribution in [0, 0.1) is 5.92 Å². The molecular formula is C11H17N3O2. The van der Waals surface area contributed by atoms with Crippen LogP contribution in [0.1, 0.15) is 12.8 Å². The first-order chi connectivity index (χ1) is 7.79. The van der Waals surface area contributed by atoms with Gasteiger partial charge in [-0.3, -0.25) is 4.79 Å². The molecule has 5 heteroatoms. The number of H-pyrrole nitrogens is 1. The van der Waals surface area contributed by atoms with E-state index < -0.39 is 0 Å². The molecule has 0 saturated carbocycles. The molecule has 16 heavy (non-hydrogen) atoms. The second-order valence-electron chi connectivity index (χ2n) is 4.18. The number of aromatic nitrogens is 2. The first-order valence-corrected chi connectivity index (χ1v) is 5.58. The molecule has 0 spiro atoms. The molecule has 1 aromatic rings. The van der Waals surface area contributed by atoms with Gasteiger partial charge in [-0.1, -0.05) is 0 Å². The zero-order chi connectivity index (χ0) is 11.4. The lowest BCUT2D eigenvalue weighted by molar-refractivity contribution is 0.143. The summed E-state index contributed by atoms with van der Waals surface area (Å²) in [5.41, 5.74) is -0.0983. The molecule has 0 bridgehead atoms. The molecular weight excluding hydrogens is 206 g/mol. The van der Waals surface area contributed by atoms with Gasteiger partial charge in [0.25, 0.3) is 5.56 Å². The highest BCUT2D eigenvalue weighted by molar-refractivity contribution is 5.36. The molecule has 1 aromatic heterocycles. The van der Waals surface area contributed by atoms with Crippen LogP contribution in [0.25, 0.3) is 0 Å². The van der Waals surface area contributed by atoms with Gasteiger partial charge in [-0.05, 0) is 18.8 Å². The molecule has 1 unspecified atom stereocenters. The third-order valence-electron chi connectivity index (χ3n) is 2.91. The predicted molar refractivity (Wildman–Crippen MR) is 61.7 cm³/mol. The van der Waals surface area contributed by atoms with Crippen LogP contribution in [0.4, 0.5) is 5.82 Å². The highest BCUT2D eigenvalue weighted by Crippen LogP contribution is 2.20. The summed E-state index contributed by atoms with van der Waals surface area (Å²) in [5.74, 6) is 1.31. The molecule has 1 aliphatic heterocycles. The van der Waals surface area contributed by atoms with Crippen molar-refractivity contribution in [3.8, 4) is 0 Å². The lowest BCUT2D eigenvalue weighted by Crippen LogP contribution is -2.38. The van der Waals surface area contributed by atoms with Gasteiger partial charge in [0.05, 0.1) is 12.9 Å².